The van der Waals surface area contributed by atoms with Crippen LogP contribution in [0.3, 0.4) is 0 Å². The minimum atomic E-state index is -1.19. The Kier molecular flexibility index (Phi) is 5.59. The van der Waals surface area contributed by atoms with E-state index in [1.807, 2.05) is 6.07 Å². The number of esters is 1. The maximum Gasteiger partial charge on any atom is 0.367 e. The average Bonchev–Trinajstić information content (AvgIpc) is 2.57. The van der Waals surface area contributed by atoms with Crippen LogP contribution in [-0.4, -0.2) is 29.3 Å². The summed E-state index contributed by atoms with van der Waals surface area (Å²) in [7, 11) is 0. The number of nitrogens with zero attached hydrogens (tertiary/aromatic N) is 1. The summed E-state index contributed by atoms with van der Waals surface area (Å²) in [5.74, 6) is 0.815. The van der Waals surface area contributed by atoms with Crippen LogP contribution in [0, 0.1) is 35.0 Å². The molecule has 4 aliphatic rings. The third kappa shape index (κ3) is 4.12. The molecule has 0 heterocycles. The molecule has 4 saturated carbocycles. The van der Waals surface area contributed by atoms with Crippen molar-refractivity contribution in [1.29, 1.82) is 5.26 Å². The summed E-state index contributed by atoms with van der Waals surface area (Å²) >= 11 is 4.05. The number of rotatable bonds is 7. The Hall–Kier alpha value is -1.26. The number of ether oxygens (including phenoxy) is 1. The monoisotopic (exact) mass is 366 g/mol. The largest absolute Gasteiger partial charge is 0.449 e. The molecule has 0 unspecified atom stereocenters. The Bertz CT molecular complexity index is 539. The van der Waals surface area contributed by atoms with Gasteiger partial charge in [-0.1, -0.05) is 6.92 Å². The molecule has 7 heteroatoms. The molecular weight excluding hydrogens is 340 g/mol. The second-order valence-corrected chi connectivity index (χ2v) is 8.46. The van der Waals surface area contributed by atoms with E-state index in [-0.39, 0.29) is 12.0 Å². The van der Waals surface area contributed by atoms with E-state index < -0.39 is 24.0 Å². The van der Waals surface area contributed by atoms with Crippen LogP contribution in [0.15, 0.2) is 0 Å². The van der Waals surface area contributed by atoms with E-state index in [0.29, 0.717) is 5.75 Å². The van der Waals surface area contributed by atoms with Gasteiger partial charge in [-0.05, 0) is 56.3 Å². The lowest BCUT2D eigenvalue weighted by atomic mass is 9.53. The minimum absolute atomic E-state index is 0.135. The van der Waals surface area contributed by atoms with Crippen molar-refractivity contribution in [1.82, 2.24) is 5.48 Å². The maximum atomic E-state index is 12.3. The van der Waals surface area contributed by atoms with Gasteiger partial charge in [0.1, 0.15) is 0 Å². The van der Waals surface area contributed by atoms with Crippen molar-refractivity contribution in [2.45, 2.75) is 63.5 Å². The molecule has 1 N–H and O–H groups in total. The van der Waals surface area contributed by atoms with Crippen molar-refractivity contribution in [3.05, 3.63) is 0 Å². The first kappa shape index (κ1) is 18.5. The fraction of sp³-hybridized carbons (Fsp3) is 0.833. The van der Waals surface area contributed by atoms with Crippen molar-refractivity contribution in [3.63, 3.8) is 0 Å². The highest BCUT2D eigenvalue weighted by Crippen LogP contribution is 2.55. The van der Waals surface area contributed by atoms with Gasteiger partial charge in [0, 0.05) is 5.75 Å². The number of hydrogen-bond donors (Lipinski definition) is 2. The smallest absolute Gasteiger partial charge is 0.367 e. The highest BCUT2D eigenvalue weighted by atomic mass is 32.1. The SMILES string of the molecule is C[C@H](CS)C(=O)O[C@@H](CC#N)C(=O)ONC12CC3CC(CC(C3)C1)C2. The van der Waals surface area contributed by atoms with Crippen LogP contribution in [0.4, 0.5) is 0 Å². The van der Waals surface area contributed by atoms with Gasteiger partial charge in [0.25, 0.3) is 0 Å². The predicted octanol–water partition coefficient (Wildman–Crippen LogP) is 2.39. The molecule has 0 aromatic rings. The molecule has 4 bridgehead atoms. The van der Waals surface area contributed by atoms with Gasteiger partial charge in [0.15, 0.2) is 0 Å². The fourth-order valence-electron chi connectivity index (χ4n) is 5.05. The van der Waals surface area contributed by atoms with E-state index in [0.717, 1.165) is 37.0 Å². The van der Waals surface area contributed by atoms with Crippen LogP contribution in [0.25, 0.3) is 0 Å². The molecule has 4 aliphatic carbocycles. The first-order chi connectivity index (χ1) is 11.9. The molecule has 138 valence electrons. The van der Waals surface area contributed by atoms with Gasteiger partial charge in [-0.2, -0.15) is 17.9 Å². The fourth-order valence-corrected chi connectivity index (χ4v) is 5.20. The van der Waals surface area contributed by atoms with Crippen LogP contribution in [0.2, 0.25) is 0 Å². The molecular formula is C18H26N2O4S. The molecule has 25 heavy (non-hydrogen) atoms. The summed E-state index contributed by atoms with van der Waals surface area (Å²) in [4.78, 5) is 29.5. The number of nitriles is 1. The summed E-state index contributed by atoms with van der Waals surface area (Å²) in [5.41, 5.74) is 2.88. The number of hydroxylamine groups is 1. The number of carbonyl (C=O) groups is 2. The second-order valence-electron chi connectivity index (χ2n) is 8.09. The molecule has 2 atom stereocenters. The molecule has 0 aliphatic heterocycles. The van der Waals surface area contributed by atoms with Crippen LogP contribution < -0.4 is 5.48 Å². The lowest BCUT2D eigenvalue weighted by molar-refractivity contribution is -0.183. The van der Waals surface area contributed by atoms with E-state index in [1.54, 1.807) is 6.92 Å². The summed E-state index contributed by atoms with van der Waals surface area (Å²) < 4.78 is 5.15. The molecule has 4 fully saturated rings. The Morgan fingerprint density at radius 1 is 1.20 bits per heavy atom. The Morgan fingerprint density at radius 3 is 2.24 bits per heavy atom. The molecule has 6 nitrogen and oxygen atoms in total. The molecule has 0 aromatic carbocycles. The van der Waals surface area contributed by atoms with Gasteiger partial charge >= 0.3 is 11.9 Å². The number of carbonyl (C=O) groups excluding carboxylic acids is 2. The number of nitrogens with one attached hydrogen (secondary N) is 1. The van der Waals surface area contributed by atoms with E-state index in [9.17, 15) is 9.59 Å². The summed E-state index contributed by atoms with van der Waals surface area (Å²) in [6.45, 7) is 1.66. The number of thiol groups is 1. The van der Waals surface area contributed by atoms with Crippen molar-refractivity contribution in [3.8, 4) is 6.07 Å². The average molecular weight is 366 g/mol. The Labute approximate surface area is 154 Å². The zero-order chi connectivity index (χ0) is 18.0. The molecule has 0 amide bonds. The van der Waals surface area contributed by atoms with E-state index >= 15 is 0 Å². The van der Waals surface area contributed by atoms with Crippen LogP contribution in [-0.2, 0) is 19.2 Å². The third-order valence-electron chi connectivity index (χ3n) is 5.88. The van der Waals surface area contributed by atoms with Gasteiger partial charge < -0.3 is 9.57 Å². The lowest BCUT2D eigenvalue weighted by Gasteiger charge is -2.56. The zero-order valence-corrected chi connectivity index (χ0v) is 15.5. The molecule has 0 saturated heterocycles. The number of hydrogen-bond acceptors (Lipinski definition) is 7. The topological polar surface area (TPSA) is 88.4 Å². The van der Waals surface area contributed by atoms with Gasteiger partial charge in [-0.25, -0.2) is 4.79 Å². The van der Waals surface area contributed by atoms with Crippen molar-refractivity contribution >= 4 is 24.6 Å². The van der Waals surface area contributed by atoms with Crippen LogP contribution in [0.5, 0.6) is 0 Å². The zero-order valence-electron chi connectivity index (χ0n) is 14.6. The van der Waals surface area contributed by atoms with Crippen LogP contribution >= 0.6 is 12.6 Å². The van der Waals surface area contributed by atoms with Crippen LogP contribution in [0.1, 0.15) is 51.9 Å². The Morgan fingerprint density at radius 2 is 1.76 bits per heavy atom. The highest BCUT2D eigenvalue weighted by Gasteiger charge is 2.51. The van der Waals surface area contributed by atoms with Crippen molar-refractivity contribution < 1.29 is 19.2 Å². The van der Waals surface area contributed by atoms with Gasteiger partial charge in [0.05, 0.1) is 23.9 Å². The molecule has 0 radical (unpaired) electrons. The normalized spacial score (nSPS) is 34.8. The summed E-state index contributed by atoms with van der Waals surface area (Å²) in [5, 5.41) is 8.91. The minimum Gasteiger partial charge on any atom is -0.449 e. The van der Waals surface area contributed by atoms with E-state index in [1.165, 1.54) is 19.3 Å². The molecule has 4 rings (SSSR count). The van der Waals surface area contributed by atoms with E-state index in [2.05, 4.69) is 18.1 Å². The van der Waals surface area contributed by atoms with Gasteiger partial charge in [0.2, 0.25) is 6.10 Å². The Balaban J connectivity index is 1.56. The quantitative estimate of drug-likeness (QED) is 0.409. The second kappa shape index (κ2) is 7.55. The highest BCUT2D eigenvalue weighted by molar-refractivity contribution is 7.80. The predicted molar refractivity (Wildman–Crippen MR) is 93.3 cm³/mol. The molecule has 0 aromatic heterocycles. The first-order valence-corrected chi connectivity index (χ1v) is 9.74. The van der Waals surface area contributed by atoms with Gasteiger partial charge in [-0.3, -0.25) is 4.79 Å². The molecule has 0 spiro atoms. The summed E-state index contributed by atoms with van der Waals surface area (Å²) in [6.07, 6.45) is 5.58. The van der Waals surface area contributed by atoms with E-state index in [4.69, 9.17) is 14.8 Å². The standard InChI is InChI=1S/C18H26N2O4S/c1-11(10-25)16(21)23-15(2-3-19)17(22)24-20-18-7-12-4-13(8-18)6-14(5-12)9-18/h11-15,20,25H,2,4-10H2,1H3/t11-,12?,13?,14?,15+,18?/m1/s1. The summed E-state index contributed by atoms with van der Waals surface area (Å²) in [6, 6.07) is 1.88. The third-order valence-corrected chi connectivity index (χ3v) is 6.43. The maximum absolute atomic E-state index is 12.3. The lowest BCUT2D eigenvalue weighted by Crippen LogP contribution is -2.59. The van der Waals surface area contributed by atoms with Gasteiger partial charge in [-0.15, -0.1) is 5.48 Å². The van der Waals surface area contributed by atoms with Crippen molar-refractivity contribution in [2.24, 2.45) is 23.7 Å². The van der Waals surface area contributed by atoms with Crippen molar-refractivity contribution in [2.75, 3.05) is 5.75 Å². The first-order valence-electron chi connectivity index (χ1n) is 9.11.